The average molecular weight is 296 g/mol. The second-order valence-electron chi connectivity index (χ2n) is 4.64. The molecule has 1 saturated heterocycles. The van der Waals surface area contributed by atoms with E-state index in [1.165, 1.54) is 0 Å². The number of rotatable bonds is 7. The molecule has 0 aromatic rings. The fourth-order valence-corrected chi connectivity index (χ4v) is 1.82. The smallest absolute Gasteiger partial charge is 0.363 e. The maximum Gasteiger partial charge on any atom is 0.459 e. The van der Waals surface area contributed by atoms with Crippen molar-refractivity contribution in [1.82, 2.24) is 0 Å². The van der Waals surface area contributed by atoms with E-state index in [9.17, 15) is 30.7 Å². The quantitative estimate of drug-likeness (QED) is 0.381. The Bertz CT molecular complexity index is 300. The second kappa shape index (κ2) is 5.46. The molecule has 1 fully saturated rings. The summed E-state index contributed by atoms with van der Waals surface area (Å²) in [4.78, 5) is 0. The van der Waals surface area contributed by atoms with Crippen LogP contribution in [0.25, 0.3) is 0 Å². The lowest BCUT2D eigenvalue weighted by Gasteiger charge is -2.27. The van der Waals surface area contributed by atoms with Crippen molar-refractivity contribution in [3.05, 3.63) is 0 Å². The summed E-state index contributed by atoms with van der Waals surface area (Å²) in [5.74, 6) is -11.3. The molecule has 0 aromatic carbocycles. The molecule has 0 radical (unpaired) electrons. The maximum absolute atomic E-state index is 13.1. The van der Waals surface area contributed by atoms with Gasteiger partial charge in [0.1, 0.15) is 0 Å². The summed E-state index contributed by atoms with van der Waals surface area (Å²) in [7, 11) is 0. The molecule has 0 N–H and O–H groups in total. The number of ether oxygens (including phenoxy) is 1. The molecule has 1 rings (SSSR count). The Hall–Kier alpha value is -0.530. The molecule has 1 aliphatic heterocycles. The minimum absolute atomic E-state index is 0.0776. The van der Waals surface area contributed by atoms with E-state index in [-0.39, 0.29) is 6.42 Å². The highest BCUT2D eigenvalue weighted by Gasteiger charge is 2.79. The topological polar surface area (TPSA) is 12.5 Å². The predicted molar refractivity (Wildman–Crippen MR) is 53.4 cm³/mol. The fraction of sp³-hybridized carbons (Fsp3) is 1.00. The molecule has 1 nitrogen and oxygen atoms in total. The van der Waals surface area contributed by atoms with Crippen LogP contribution in [0.2, 0.25) is 0 Å². The van der Waals surface area contributed by atoms with E-state index >= 15 is 0 Å². The minimum Gasteiger partial charge on any atom is -0.363 e. The Labute approximate surface area is 106 Å². The Morgan fingerprint density at radius 2 is 1.47 bits per heavy atom. The van der Waals surface area contributed by atoms with Gasteiger partial charge in [-0.05, 0) is 6.42 Å². The standard InChI is InChI=1S/C11H15F7O/c1-2-3-4-5-6-7-8(19-7)9(12,13)10(14,15)11(16,17)18/h7-8H,2-6H2,1H3. The maximum atomic E-state index is 13.1. The lowest BCUT2D eigenvalue weighted by molar-refractivity contribution is -0.357. The zero-order valence-electron chi connectivity index (χ0n) is 10.2. The van der Waals surface area contributed by atoms with E-state index in [1.54, 1.807) is 0 Å². The largest absolute Gasteiger partial charge is 0.459 e. The van der Waals surface area contributed by atoms with Crippen LogP contribution in [0.4, 0.5) is 30.7 Å². The van der Waals surface area contributed by atoms with Gasteiger partial charge >= 0.3 is 18.0 Å². The third-order valence-electron chi connectivity index (χ3n) is 3.06. The number of halogens is 7. The third kappa shape index (κ3) is 3.32. The SMILES string of the molecule is CCCCCCC1OC1C(F)(F)C(F)(F)C(F)(F)F. The molecule has 2 unspecified atom stereocenters. The summed E-state index contributed by atoms with van der Waals surface area (Å²) in [6, 6.07) is 0. The molecule has 0 saturated carbocycles. The summed E-state index contributed by atoms with van der Waals surface area (Å²) in [6.45, 7) is 1.93. The van der Waals surface area contributed by atoms with Crippen molar-refractivity contribution in [3.63, 3.8) is 0 Å². The van der Waals surface area contributed by atoms with Crippen LogP contribution in [0.3, 0.4) is 0 Å². The van der Waals surface area contributed by atoms with Crippen LogP contribution < -0.4 is 0 Å². The first kappa shape index (κ1) is 16.5. The molecule has 114 valence electrons. The van der Waals surface area contributed by atoms with Crippen molar-refractivity contribution in [3.8, 4) is 0 Å². The molecule has 1 aliphatic rings. The molecule has 8 heteroatoms. The molecule has 0 amide bonds. The lowest BCUT2D eigenvalue weighted by Crippen LogP contribution is -2.55. The first-order valence-corrected chi connectivity index (χ1v) is 6.03. The molecule has 0 bridgehead atoms. The number of alkyl halides is 7. The normalized spacial score (nSPS) is 24.6. The predicted octanol–water partition coefficient (Wildman–Crippen LogP) is 4.56. The van der Waals surface area contributed by atoms with Crippen molar-refractivity contribution < 1.29 is 35.5 Å². The van der Waals surface area contributed by atoms with Gasteiger partial charge < -0.3 is 4.74 Å². The van der Waals surface area contributed by atoms with Gasteiger partial charge in [-0.1, -0.05) is 32.6 Å². The average Bonchev–Trinajstić information content (AvgIpc) is 3.02. The zero-order valence-corrected chi connectivity index (χ0v) is 10.2. The van der Waals surface area contributed by atoms with E-state index in [0.717, 1.165) is 12.8 Å². The molecular weight excluding hydrogens is 281 g/mol. The number of hydrogen-bond donors (Lipinski definition) is 0. The van der Waals surface area contributed by atoms with Crippen molar-refractivity contribution >= 4 is 0 Å². The summed E-state index contributed by atoms with van der Waals surface area (Å²) < 4.78 is 91.6. The highest BCUT2D eigenvalue weighted by Crippen LogP contribution is 2.53. The van der Waals surface area contributed by atoms with Gasteiger partial charge in [0.15, 0.2) is 6.10 Å². The van der Waals surface area contributed by atoms with Crippen LogP contribution in [0.15, 0.2) is 0 Å². The Kier molecular flexibility index (Phi) is 4.75. The molecule has 0 aromatic heterocycles. The zero-order chi connectivity index (χ0) is 14.9. The van der Waals surface area contributed by atoms with Crippen molar-refractivity contribution in [2.75, 3.05) is 0 Å². The highest BCUT2D eigenvalue weighted by atomic mass is 19.4. The van der Waals surface area contributed by atoms with Crippen LogP contribution in [0, 0.1) is 0 Å². The fourth-order valence-electron chi connectivity index (χ4n) is 1.82. The number of hydrogen-bond acceptors (Lipinski definition) is 1. The molecule has 2 atom stereocenters. The van der Waals surface area contributed by atoms with Gasteiger partial charge in [-0.15, -0.1) is 0 Å². The van der Waals surface area contributed by atoms with Gasteiger partial charge in [0.05, 0.1) is 6.10 Å². The Balaban J connectivity index is 2.53. The van der Waals surface area contributed by atoms with Crippen LogP contribution in [-0.4, -0.2) is 30.2 Å². The number of unbranched alkanes of at least 4 members (excludes halogenated alkanes) is 3. The van der Waals surface area contributed by atoms with Gasteiger partial charge in [0.25, 0.3) is 0 Å². The first-order chi connectivity index (χ1) is 8.55. The van der Waals surface area contributed by atoms with E-state index in [4.69, 9.17) is 0 Å². The lowest BCUT2D eigenvalue weighted by atomic mass is 10.0. The van der Waals surface area contributed by atoms with Gasteiger partial charge in [-0.2, -0.15) is 30.7 Å². The van der Waals surface area contributed by atoms with Gasteiger partial charge in [-0.25, -0.2) is 0 Å². The van der Waals surface area contributed by atoms with Crippen LogP contribution in [0.5, 0.6) is 0 Å². The van der Waals surface area contributed by atoms with Gasteiger partial charge in [-0.3, -0.25) is 0 Å². The van der Waals surface area contributed by atoms with Crippen molar-refractivity contribution in [2.24, 2.45) is 0 Å². The summed E-state index contributed by atoms with van der Waals surface area (Å²) in [6.07, 6.45) is -6.81. The molecular formula is C11H15F7O. The Morgan fingerprint density at radius 1 is 0.895 bits per heavy atom. The molecule has 0 spiro atoms. The summed E-state index contributed by atoms with van der Waals surface area (Å²) in [5.41, 5.74) is 0. The van der Waals surface area contributed by atoms with Crippen LogP contribution in [-0.2, 0) is 4.74 Å². The highest BCUT2D eigenvalue weighted by molar-refractivity contribution is 5.05. The first-order valence-electron chi connectivity index (χ1n) is 6.03. The number of epoxide rings is 1. The summed E-state index contributed by atoms with van der Waals surface area (Å²) in [5, 5.41) is 0. The Morgan fingerprint density at radius 3 is 1.95 bits per heavy atom. The van der Waals surface area contributed by atoms with Crippen molar-refractivity contribution in [1.29, 1.82) is 0 Å². The monoisotopic (exact) mass is 296 g/mol. The van der Waals surface area contributed by atoms with Crippen molar-refractivity contribution in [2.45, 2.75) is 69.3 Å². The van der Waals surface area contributed by atoms with E-state index in [1.807, 2.05) is 6.92 Å². The molecule has 0 aliphatic carbocycles. The van der Waals surface area contributed by atoms with Gasteiger partial charge in [0, 0.05) is 0 Å². The van der Waals surface area contributed by atoms with E-state index in [0.29, 0.717) is 12.8 Å². The summed E-state index contributed by atoms with van der Waals surface area (Å²) >= 11 is 0. The molecule has 1 heterocycles. The third-order valence-corrected chi connectivity index (χ3v) is 3.06. The van der Waals surface area contributed by atoms with E-state index in [2.05, 4.69) is 4.74 Å². The van der Waals surface area contributed by atoms with Gasteiger partial charge in [0.2, 0.25) is 0 Å². The second-order valence-corrected chi connectivity index (χ2v) is 4.64. The molecule has 19 heavy (non-hydrogen) atoms. The van der Waals surface area contributed by atoms with Crippen LogP contribution in [0.1, 0.15) is 39.0 Å². The van der Waals surface area contributed by atoms with E-state index < -0.39 is 30.2 Å². The van der Waals surface area contributed by atoms with Crippen LogP contribution >= 0.6 is 0 Å². The minimum atomic E-state index is -6.28.